The Morgan fingerprint density at radius 3 is 3.13 bits per heavy atom. The molecule has 0 unspecified atom stereocenters. The molecule has 0 aliphatic carbocycles. The van der Waals surface area contributed by atoms with Crippen LogP contribution < -0.4 is 4.74 Å². The molecule has 0 saturated carbocycles. The molecule has 3 rings (SSSR count). The van der Waals surface area contributed by atoms with E-state index in [1.165, 1.54) is 5.56 Å². The monoisotopic (exact) mass is 281 g/mol. The third kappa shape index (κ3) is 1.68. The van der Waals surface area contributed by atoms with Gasteiger partial charge in [0.05, 0.1) is 6.61 Å². The Balaban J connectivity index is 2.06. The molecule has 1 aromatic carbocycles. The van der Waals surface area contributed by atoms with Crippen molar-refractivity contribution in [3.8, 4) is 16.3 Å². The molecule has 0 N–H and O–H groups in total. The van der Waals surface area contributed by atoms with Gasteiger partial charge < -0.3 is 4.74 Å². The number of ether oxygens (including phenoxy) is 1. The fourth-order valence-corrected chi connectivity index (χ4v) is 2.94. The molecule has 2 aromatic rings. The summed E-state index contributed by atoms with van der Waals surface area (Å²) < 4.78 is 6.43. The molecule has 2 heterocycles. The Morgan fingerprint density at radius 1 is 1.40 bits per heavy atom. The van der Waals surface area contributed by atoms with Crippen LogP contribution in [0, 0.1) is 0 Å². The van der Waals surface area contributed by atoms with Gasteiger partial charge in [0.2, 0.25) is 0 Å². The van der Waals surface area contributed by atoms with Gasteiger partial charge in [-0.15, -0.1) is 11.3 Å². The zero-order valence-electron chi connectivity index (χ0n) is 7.87. The Morgan fingerprint density at radius 2 is 2.33 bits per heavy atom. The number of fused-ring (bicyclic) bond motifs is 1. The molecule has 2 nitrogen and oxygen atoms in total. The van der Waals surface area contributed by atoms with Crippen LogP contribution >= 0.6 is 27.3 Å². The predicted octanol–water partition coefficient (Wildman–Crippen LogP) is 3.51. The lowest BCUT2D eigenvalue weighted by Crippen LogP contribution is -1.86. The third-order valence-corrected chi connectivity index (χ3v) is 4.02. The second-order valence-electron chi connectivity index (χ2n) is 3.40. The van der Waals surface area contributed by atoms with Gasteiger partial charge >= 0.3 is 0 Å². The molecule has 0 saturated heterocycles. The zero-order valence-corrected chi connectivity index (χ0v) is 10.3. The standard InChI is InChI=1S/C11H8BrNOS/c12-10-6-15-11(13-10)8-2-1-7-3-4-14-9(7)5-8/h1-2,5-6H,3-4H2. The maximum Gasteiger partial charge on any atom is 0.124 e. The third-order valence-electron chi connectivity index (χ3n) is 2.42. The van der Waals surface area contributed by atoms with Crippen LogP contribution in [0.5, 0.6) is 5.75 Å². The Hall–Kier alpha value is -0.870. The summed E-state index contributed by atoms with van der Waals surface area (Å²) in [6.07, 6.45) is 1.02. The summed E-state index contributed by atoms with van der Waals surface area (Å²) in [6, 6.07) is 6.32. The maximum atomic E-state index is 5.53. The van der Waals surface area contributed by atoms with Gasteiger partial charge in [0, 0.05) is 17.4 Å². The van der Waals surface area contributed by atoms with Crippen molar-refractivity contribution >= 4 is 27.3 Å². The van der Waals surface area contributed by atoms with Crippen molar-refractivity contribution in [2.45, 2.75) is 6.42 Å². The highest BCUT2D eigenvalue weighted by molar-refractivity contribution is 9.10. The van der Waals surface area contributed by atoms with Crippen molar-refractivity contribution in [1.82, 2.24) is 4.98 Å². The number of benzene rings is 1. The van der Waals surface area contributed by atoms with Crippen LogP contribution in [0.1, 0.15) is 5.56 Å². The molecule has 15 heavy (non-hydrogen) atoms. The van der Waals surface area contributed by atoms with Gasteiger partial charge in [-0.1, -0.05) is 12.1 Å². The van der Waals surface area contributed by atoms with E-state index in [0.29, 0.717) is 0 Å². The minimum atomic E-state index is 0.806. The molecule has 0 amide bonds. The Kier molecular flexibility index (Phi) is 2.25. The van der Waals surface area contributed by atoms with E-state index in [0.717, 1.165) is 34.0 Å². The number of hydrogen-bond donors (Lipinski definition) is 0. The van der Waals surface area contributed by atoms with Crippen LogP contribution in [0.3, 0.4) is 0 Å². The van der Waals surface area contributed by atoms with E-state index in [-0.39, 0.29) is 0 Å². The first kappa shape index (κ1) is 9.36. The number of hydrogen-bond acceptors (Lipinski definition) is 3. The van der Waals surface area contributed by atoms with E-state index in [1.807, 2.05) is 5.38 Å². The van der Waals surface area contributed by atoms with Crippen molar-refractivity contribution in [3.05, 3.63) is 33.7 Å². The SMILES string of the molecule is Brc1csc(-c2ccc3c(c2)OCC3)n1. The first-order chi connectivity index (χ1) is 7.33. The lowest BCUT2D eigenvalue weighted by molar-refractivity contribution is 0.357. The molecule has 0 spiro atoms. The number of aromatic nitrogens is 1. The van der Waals surface area contributed by atoms with Gasteiger partial charge in [-0.3, -0.25) is 0 Å². The van der Waals surface area contributed by atoms with Crippen molar-refractivity contribution in [3.63, 3.8) is 0 Å². The lowest BCUT2D eigenvalue weighted by atomic mass is 10.1. The molecule has 4 heteroatoms. The van der Waals surface area contributed by atoms with Crippen LogP contribution in [-0.2, 0) is 6.42 Å². The number of thiazole rings is 1. The summed E-state index contributed by atoms with van der Waals surface area (Å²) in [5.74, 6) is 1.01. The van der Waals surface area contributed by atoms with Crippen LogP contribution in [0.4, 0.5) is 0 Å². The largest absolute Gasteiger partial charge is 0.493 e. The number of nitrogens with zero attached hydrogens (tertiary/aromatic N) is 1. The molecule has 1 aromatic heterocycles. The van der Waals surface area contributed by atoms with E-state index in [4.69, 9.17) is 4.74 Å². The predicted molar refractivity (Wildman–Crippen MR) is 64.4 cm³/mol. The molecule has 0 bridgehead atoms. The van der Waals surface area contributed by atoms with E-state index in [2.05, 4.69) is 39.1 Å². The molecule has 0 radical (unpaired) electrons. The van der Waals surface area contributed by atoms with Gasteiger partial charge in [-0.05, 0) is 27.6 Å². The molecular formula is C11H8BrNOS. The molecule has 0 fully saturated rings. The van der Waals surface area contributed by atoms with E-state index in [1.54, 1.807) is 11.3 Å². The average Bonchev–Trinajstić information content (AvgIpc) is 2.84. The summed E-state index contributed by atoms with van der Waals surface area (Å²) in [4.78, 5) is 4.39. The fourth-order valence-electron chi connectivity index (χ4n) is 1.69. The maximum absolute atomic E-state index is 5.53. The first-order valence-electron chi connectivity index (χ1n) is 4.70. The highest BCUT2D eigenvalue weighted by atomic mass is 79.9. The van der Waals surface area contributed by atoms with Crippen molar-refractivity contribution in [2.24, 2.45) is 0 Å². The van der Waals surface area contributed by atoms with Crippen molar-refractivity contribution in [1.29, 1.82) is 0 Å². The summed E-state index contributed by atoms with van der Waals surface area (Å²) in [5.41, 5.74) is 2.43. The molecule has 0 atom stereocenters. The summed E-state index contributed by atoms with van der Waals surface area (Å²) >= 11 is 4.99. The normalized spacial score (nSPS) is 13.7. The fraction of sp³-hybridized carbons (Fsp3) is 0.182. The van der Waals surface area contributed by atoms with Crippen LogP contribution in [0.25, 0.3) is 10.6 Å². The highest BCUT2D eigenvalue weighted by Gasteiger charge is 2.13. The Bertz CT molecular complexity index is 509. The summed E-state index contributed by atoms with van der Waals surface area (Å²) in [5, 5.41) is 3.02. The zero-order chi connectivity index (χ0) is 10.3. The van der Waals surface area contributed by atoms with Crippen LogP contribution in [-0.4, -0.2) is 11.6 Å². The first-order valence-corrected chi connectivity index (χ1v) is 6.37. The second-order valence-corrected chi connectivity index (χ2v) is 5.07. The van der Waals surface area contributed by atoms with Crippen molar-refractivity contribution < 1.29 is 4.74 Å². The number of halogens is 1. The molecule has 1 aliphatic heterocycles. The van der Waals surface area contributed by atoms with Crippen LogP contribution in [0.2, 0.25) is 0 Å². The van der Waals surface area contributed by atoms with Gasteiger partial charge in [0.1, 0.15) is 15.4 Å². The number of rotatable bonds is 1. The summed E-state index contributed by atoms with van der Waals surface area (Å²) in [6.45, 7) is 0.806. The quantitative estimate of drug-likeness (QED) is 0.798. The highest BCUT2D eigenvalue weighted by Crippen LogP contribution is 2.32. The van der Waals surface area contributed by atoms with E-state index < -0.39 is 0 Å². The van der Waals surface area contributed by atoms with Gasteiger partial charge in [0.15, 0.2) is 0 Å². The van der Waals surface area contributed by atoms with Crippen LogP contribution in [0.15, 0.2) is 28.2 Å². The molecular weight excluding hydrogens is 274 g/mol. The van der Waals surface area contributed by atoms with Crippen molar-refractivity contribution in [2.75, 3.05) is 6.61 Å². The van der Waals surface area contributed by atoms with Gasteiger partial charge in [-0.2, -0.15) is 0 Å². The van der Waals surface area contributed by atoms with Gasteiger partial charge in [0.25, 0.3) is 0 Å². The average molecular weight is 282 g/mol. The minimum Gasteiger partial charge on any atom is -0.493 e. The second kappa shape index (κ2) is 3.61. The van der Waals surface area contributed by atoms with Gasteiger partial charge in [-0.25, -0.2) is 4.98 Å². The summed E-state index contributed by atoms with van der Waals surface area (Å²) in [7, 11) is 0. The van der Waals surface area contributed by atoms with E-state index in [9.17, 15) is 0 Å². The topological polar surface area (TPSA) is 22.1 Å². The molecule has 1 aliphatic rings. The Labute approximate surface area is 100 Å². The molecule has 76 valence electrons. The smallest absolute Gasteiger partial charge is 0.124 e. The minimum absolute atomic E-state index is 0.806. The lowest BCUT2D eigenvalue weighted by Gasteiger charge is -2.01. The van der Waals surface area contributed by atoms with E-state index >= 15 is 0 Å².